The van der Waals surface area contributed by atoms with Gasteiger partial charge in [0.15, 0.2) is 0 Å². The molecule has 1 aliphatic rings. The molecule has 12 heteroatoms. The minimum Gasteiger partial charge on any atom is -0.497 e. The van der Waals surface area contributed by atoms with Gasteiger partial charge in [0.25, 0.3) is 0 Å². The molecule has 0 saturated heterocycles. The van der Waals surface area contributed by atoms with Crippen molar-refractivity contribution in [2.24, 2.45) is 5.73 Å². The summed E-state index contributed by atoms with van der Waals surface area (Å²) in [6, 6.07) is 4.66. The Morgan fingerprint density at radius 2 is 1.82 bits per heavy atom. The zero-order chi connectivity index (χ0) is 24.5. The van der Waals surface area contributed by atoms with Gasteiger partial charge in [-0.2, -0.15) is 0 Å². The number of nitrogens with one attached hydrogen (secondary N) is 2. The van der Waals surface area contributed by atoms with Crippen molar-refractivity contribution in [3.8, 4) is 5.75 Å². The summed E-state index contributed by atoms with van der Waals surface area (Å²) in [4.78, 5) is 47.0. The summed E-state index contributed by atoms with van der Waals surface area (Å²) < 4.78 is 9.75. The minimum atomic E-state index is -1.41. The van der Waals surface area contributed by atoms with Crippen molar-refractivity contribution < 1.29 is 44.0 Å². The monoisotopic (exact) mass is 465 g/mol. The summed E-state index contributed by atoms with van der Waals surface area (Å²) in [5.74, 6) is -2.84. The van der Waals surface area contributed by atoms with Crippen LogP contribution in [0.1, 0.15) is 12.0 Å². The number of carboxylic acid groups (broad SMARTS) is 1. The van der Waals surface area contributed by atoms with Gasteiger partial charge in [-0.25, -0.2) is 4.79 Å². The van der Waals surface area contributed by atoms with E-state index < -0.39 is 61.2 Å². The standard InChI is InChI=1S/C21H27N3O9/c1-32-13-4-2-11(3-5-13)6-15(20(22)30)24-21(31)12-7-14(19(29)16(25)8-12)23-17(26)9-33-10-18(27)28/h2-5,7,14-16,19,25,29H,6,8-10H2,1H3,(H2,22,30)(H,23,26)(H,24,31)(H,27,28)/t14-,15+,16-,19-/m1/s1. The normalized spacial score (nSPS) is 20.8. The Balaban J connectivity index is 2.05. The number of hydrogen-bond donors (Lipinski definition) is 6. The van der Waals surface area contributed by atoms with E-state index in [1.807, 2.05) is 0 Å². The maximum Gasteiger partial charge on any atom is 0.329 e. The fraction of sp³-hybridized carbons (Fsp3) is 0.429. The molecule has 0 heterocycles. The van der Waals surface area contributed by atoms with Gasteiger partial charge in [-0.3, -0.25) is 14.4 Å². The van der Waals surface area contributed by atoms with Crippen molar-refractivity contribution in [3.63, 3.8) is 0 Å². The Bertz CT molecular complexity index is 901. The Hall–Kier alpha value is -3.48. The van der Waals surface area contributed by atoms with Crippen LogP contribution in [0, 0.1) is 0 Å². The van der Waals surface area contributed by atoms with Gasteiger partial charge in [0.05, 0.1) is 19.3 Å². The molecule has 1 aromatic carbocycles. The van der Waals surface area contributed by atoms with Crippen LogP contribution in [0.5, 0.6) is 5.75 Å². The first-order chi connectivity index (χ1) is 15.6. The maximum absolute atomic E-state index is 12.7. The molecule has 180 valence electrons. The number of primary amides is 1. The van der Waals surface area contributed by atoms with Gasteiger partial charge in [-0.15, -0.1) is 0 Å². The zero-order valence-electron chi connectivity index (χ0n) is 17.9. The lowest BCUT2D eigenvalue weighted by atomic mass is 9.89. The molecular weight excluding hydrogens is 438 g/mol. The first kappa shape index (κ1) is 25.8. The molecule has 3 amide bonds. The van der Waals surface area contributed by atoms with E-state index in [1.165, 1.54) is 13.2 Å². The summed E-state index contributed by atoms with van der Waals surface area (Å²) in [5, 5.41) is 33.7. The molecular formula is C21H27N3O9. The number of benzene rings is 1. The summed E-state index contributed by atoms with van der Waals surface area (Å²) in [6.07, 6.45) is -1.62. The topological polar surface area (TPSA) is 198 Å². The quantitative estimate of drug-likeness (QED) is 0.211. The van der Waals surface area contributed by atoms with Gasteiger partial charge in [0.2, 0.25) is 17.7 Å². The number of amides is 3. The third-order valence-corrected chi connectivity index (χ3v) is 4.90. The highest BCUT2D eigenvalue weighted by Crippen LogP contribution is 2.20. The fourth-order valence-electron chi connectivity index (χ4n) is 3.19. The highest BCUT2D eigenvalue weighted by Gasteiger charge is 2.34. The number of aliphatic hydroxyl groups excluding tert-OH is 2. The van der Waals surface area contributed by atoms with E-state index in [0.717, 1.165) is 5.56 Å². The van der Waals surface area contributed by atoms with E-state index in [-0.39, 0.29) is 18.4 Å². The van der Waals surface area contributed by atoms with Crippen LogP contribution in [0.25, 0.3) is 0 Å². The van der Waals surface area contributed by atoms with Crippen molar-refractivity contribution in [2.45, 2.75) is 37.1 Å². The molecule has 0 saturated carbocycles. The number of methoxy groups -OCH3 is 1. The van der Waals surface area contributed by atoms with Crippen LogP contribution in [0.15, 0.2) is 35.9 Å². The number of nitrogens with two attached hydrogens (primary N) is 1. The van der Waals surface area contributed by atoms with Crippen LogP contribution in [0.4, 0.5) is 0 Å². The van der Waals surface area contributed by atoms with E-state index in [0.29, 0.717) is 5.75 Å². The smallest absolute Gasteiger partial charge is 0.329 e. The molecule has 0 radical (unpaired) electrons. The van der Waals surface area contributed by atoms with Crippen LogP contribution in [-0.2, 0) is 30.3 Å². The number of aliphatic hydroxyl groups is 2. The van der Waals surface area contributed by atoms with E-state index in [9.17, 15) is 29.4 Å². The second kappa shape index (κ2) is 11.9. The number of carbonyl (C=O) groups is 4. The molecule has 1 aliphatic carbocycles. The van der Waals surface area contributed by atoms with Crippen molar-refractivity contribution >= 4 is 23.7 Å². The average Bonchev–Trinajstić information content (AvgIpc) is 2.76. The second-order valence-electron chi connectivity index (χ2n) is 7.41. The van der Waals surface area contributed by atoms with Crippen molar-refractivity contribution in [3.05, 3.63) is 41.5 Å². The van der Waals surface area contributed by atoms with E-state index in [1.54, 1.807) is 24.3 Å². The predicted molar refractivity (Wildman–Crippen MR) is 113 cm³/mol. The van der Waals surface area contributed by atoms with Gasteiger partial charge in [-0.1, -0.05) is 18.2 Å². The Morgan fingerprint density at radius 3 is 2.39 bits per heavy atom. The second-order valence-corrected chi connectivity index (χ2v) is 7.41. The SMILES string of the molecule is COc1ccc(C[C@H](NC(=O)C2=C[C@@H](NC(=O)COCC(=O)O)[C@@H](O)[C@H](O)C2)C(N)=O)cc1. The fourth-order valence-corrected chi connectivity index (χ4v) is 3.19. The Kier molecular flexibility index (Phi) is 9.33. The number of hydrogen-bond acceptors (Lipinski definition) is 8. The van der Waals surface area contributed by atoms with E-state index >= 15 is 0 Å². The number of carbonyl (C=O) groups excluding carboxylic acids is 3. The molecule has 0 fully saturated rings. The maximum atomic E-state index is 12.7. The van der Waals surface area contributed by atoms with Crippen LogP contribution in [-0.4, -0.2) is 83.6 Å². The molecule has 2 rings (SSSR count). The van der Waals surface area contributed by atoms with Gasteiger partial charge in [0.1, 0.15) is 31.1 Å². The largest absolute Gasteiger partial charge is 0.497 e. The molecule has 1 aromatic rings. The third-order valence-electron chi connectivity index (χ3n) is 4.90. The molecule has 0 bridgehead atoms. The lowest BCUT2D eigenvalue weighted by molar-refractivity contribution is -0.144. The highest BCUT2D eigenvalue weighted by molar-refractivity contribution is 5.97. The third kappa shape index (κ3) is 7.86. The average molecular weight is 465 g/mol. The van der Waals surface area contributed by atoms with Gasteiger partial charge in [0, 0.05) is 18.4 Å². The predicted octanol–water partition coefficient (Wildman–Crippen LogP) is -2.15. The summed E-state index contributed by atoms with van der Waals surface area (Å²) in [7, 11) is 1.52. The molecule has 0 aromatic heterocycles. The zero-order valence-corrected chi connectivity index (χ0v) is 17.9. The van der Waals surface area contributed by atoms with E-state index in [2.05, 4.69) is 15.4 Å². The molecule has 7 N–H and O–H groups in total. The van der Waals surface area contributed by atoms with Crippen molar-refractivity contribution in [1.29, 1.82) is 0 Å². The first-order valence-electron chi connectivity index (χ1n) is 9.99. The van der Waals surface area contributed by atoms with Gasteiger partial charge < -0.3 is 41.2 Å². The number of carboxylic acids is 1. The number of rotatable bonds is 11. The lowest BCUT2D eigenvalue weighted by Gasteiger charge is -2.31. The van der Waals surface area contributed by atoms with Crippen molar-refractivity contribution in [1.82, 2.24) is 10.6 Å². The van der Waals surface area contributed by atoms with Crippen molar-refractivity contribution in [2.75, 3.05) is 20.3 Å². The van der Waals surface area contributed by atoms with Crippen LogP contribution < -0.4 is 21.1 Å². The summed E-state index contributed by atoms with van der Waals surface area (Å²) >= 11 is 0. The summed E-state index contributed by atoms with van der Waals surface area (Å²) in [5.41, 5.74) is 6.18. The van der Waals surface area contributed by atoms with Gasteiger partial charge >= 0.3 is 5.97 Å². The molecule has 33 heavy (non-hydrogen) atoms. The summed E-state index contributed by atoms with van der Waals surface area (Å²) in [6.45, 7) is -1.28. The van der Waals surface area contributed by atoms with Crippen LogP contribution in [0.3, 0.4) is 0 Å². The lowest BCUT2D eigenvalue weighted by Crippen LogP contribution is -2.53. The molecule has 4 atom stereocenters. The van der Waals surface area contributed by atoms with Gasteiger partial charge in [-0.05, 0) is 17.7 Å². The molecule has 0 spiro atoms. The van der Waals surface area contributed by atoms with Crippen LogP contribution in [0.2, 0.25) is 0 Å². The number of ether oxygens (including phenoxy) is 2. The Morgan fingerprint density at radius 1 is 1.15 bits per heavy atom. The first-order valence-corrected chi connectivity index (χ1v) is 9.99. The molecule has 12 nitrogen and oxygen atoms in total. The van der Waals surface area contributed by atoms with Crippen LogP contribution >= 0.6 is 0 Å². The minimum absolute atomic E-state index is 0.0329. The Labute approximate surface area is 189 Å². The molecule has 0 unspecified atom stereocenters. The van der Waals surface area contributed by atoms with E-state index in [4.69, 9.17) is 15.6 Å². The molecule has 0 aliphatic heterocycles. The highest BCUT2D eigenvalue weighted by atomic mass is 16.5. The number of aliphatic carboxylic acids is 1.